The van der Waals surface area contributed by atoms with Crippen molar-refractivity contribution < 1.29 is 14.3 Å². The molecular formula is C19H21O3S+. The summed E-state index contributed by atoms with van der Waals surface area (Å²) in [6.45, 7) is 5.80. The Morgan fingerprint density at radius 3 is 1.96 bits per heavy atom. The lowest BCUT2D eigenvalue weighted by Crippen LogP contribution is -2.16. The molecule has 0 atom stereocenters. The van der Waals surface area contributed by atoms with E-state index in [2.05, 4.69) is 30.8 Å². The zero-order valence-electron chi connectivity index (χ0n) is 13.2. The van der Waals surface area contributed by atoms with Crippen molar-refractivity contribution in [3.05, 3.63) is 72.8 Å². The van der Waals surface area contributed by atoms with Gasteiger partial charge in [0.15, 0.2) is 9.79 Å². The predicted octanol–water partition coefficient (Wildman–Crippen LogP) is 3.82. The Morgan fingerprint density at radius 1 is 0.957 bits per heavy atom. The van der Waals surface area contributed by atoms with Gasteiger partial charge in [-0.2, -0.15) is 0 Å². The van der Waals surface area contributed by atoms with E-state index in [1.165, 1.54) is 9.79 Å². The summed E-state index contributed by atoms with van der Waals surface area (Å²) in [5.74, 6) is 0.192. The molecule has 3 nitrogen and oxygen atoms in total. The zero-order valence-corrected chi connectivity index (χ0v) is 14.1. The van der Waals surface area contributed by atoms with Crippen LogP contribution in [0.1, 0.15) is 6.92 Å². The summed E-state index contributed by atoms with van der Waals surface area (Å²) in [6.07, 6.45) is 0. The Labute approximate surface area is 140 Å². The van der Waals surface area contributed by atoms with Crippen LogP contribution < -0.4 is 0 Å². The van der Waals surface area contributed by atoms with Crippen LogP contribution in [0, 0.1) is 0 Å². The van der Waals surface area contributed by atoms with Crippen molar-refractivity contribution in [3.63, 3.8) is 0 Å². The molecule has 2 rings (SSSR count). The topological polar surface area (TPSA) is 35.5 Å². The Balaban J connectivity index is 1.92. The van der Waals surface area contributed by atoms with E-state index in [0.29, 0.717) is 18.1 Å². The highest BCUT2D eigenvalue weighted by molar-refractivity contribution is 7.96. The molecule has 0 unspecified atom stereocenters. The van der Waals surface area contributed by atoms with E-state index in [0.717, 1.165) is 0 Å². The average Bonchev–Trinajstić information content (AvgIpc) is 2.59. The van der Waals surface area contributed by atoms with Crippen LogP contribution in [-0.2, 0) is 25.2 Å². The second kappa shape index (κ2) is 9.18. The van der Waals surface area contributed by atoms with Crippen LogP contribution in [0.2, 0.25) is 0 Å². The first-order chi connectivity index (χ1) is 11.2. The van der Waals surface area contributed by atoms with E-state index in [9.17, 15) is 4.79 Å². The number of hydrogen-bond donors (Lipinski definition) is 0. The van der Waals surface area contributed by atoms with Gasteiger partial charge in [-0.25, -0.2) is 4.79 Å². The fraction of sp³-hybridized carbons (Fsp3) is 0.211. The Bertz CT molecular complexity index is 586. The van der Waals surface area contributed by atoms with E-state index < -0.39 is 0 Å². The van der Waals surface area contributed by atoms with Gasteiger partial charge in [-0.05, 0) is 31.2 Å². The lowest BCUT2D eigenvalue weighted by Gasteiger charge is -2.09. The minimum Gasteiger partial charge on any atom is -0.460 e. The fourth-order valence-electron chi connectivity index (χ4n) is 1.90. The molecule has 0 spiro atoms. The van der Waals surface area contributed by atoms with Crippen LogP contribution in [0.4, 0.5) is 0 Å². The normalized spacial score (nSPS) is 10.5. The summed E-state index contributed by atoms with van der Waals surface area (Å²) in [6, 6.07) is 20.6. The molecule has 0 radical (unpaired) electrons. The summed E-state index contributed by atoms with van der Waals surface area (Å²) < 4.78 is 10.8. The summed E-state index contributed by atoms with van der Waals surface area (Å²) in [5.41, 5.74) is 0.401. The van der Waals surface area contributed by atoms with Crippen LogP contribution in [-0.4, -0.2) is 25.1 Å². The first kappa shape index (κ1) is 17.3. The molecule has 23 heavy (non-hydrogen) atoms. The minimum atomic E-state index is -0.376. The maximum Gasteiger partial charge on any atom is 0.333 e. The number of hydrogen-bond acceptors (Lipinski definition) is 3. The monoisotopic (exact) mass is 329 g/mol. The Hall–Kier alpha value is -2.04. The maximum absolute atomic E-state index is 11.3. The summed E-state index contributed by atoms with van der Waals surface area (Å²) in [7, 11) is -0.154. The van der Waals surface area contributed by atoms with Gasteiger partial charge >= 0.3 is 5.97 Å². The highest BCUT2D eigenvalue weighted by Gasteiger charge is 2.25. The molecule has 2 aromatic rings. The molecule has 2 aromatic carbocycles. The van der Waals surface area contributed by atoms with Crippen molar-refractivity contribution in [2.24, 2.45) is 0 Å². The Morgan fingerprint density at radius 2 is 1.48 bits per heavy atom. The van der Waals surface area contributed by atoms with Gasteiger partial charge in [-0.3, -0.25) is 0 Å². The third-order valence-electron chi connectivity index (χ3n) is 3.07. The first-order valence-electron chi connectivity index (χ1n) is 7.40. The number of rotatable bonds is 8. The standard InChI is InChI=1S/C19H21O3S/c1-16(2)19(20)22-14-13-21-15-23(17-9-5-3-6-10-17)18-11-7-4-8-12-18/h3-12H,1,13-15H2,2H3/q+1. The number of carbonyl (C=O) groups is 1. The first-order valence-corrected chi connectivity index (χ1v) is 8.79. The van der Waals surface area contributed by atoms with Crippen LogP contribution in [0.5, 0.6) is 0 Å². The van der Waals surface area contributed by atoms with Crippen molar-refractivity contribution in [3.8, 4) is 0 Å². The highest BCUT2D eigenvalue weighted by atomic mass is 32.2. The molecule has 0 N–H and O–H groups in total. The van der Waals surface area contributed by atoms with E-state index in [1.807, 2.05) is 36.4 Å². The van der Waals surface area contributed by atoms with Gasteiger partial charge in [0.25, 0.3) is 0 Å². The molecule has 0 aliphatic heterocycles. The number of esters is 1. The minimum absolute atomic E-state index is 0.154. The third kappa shape index (κ3) is 5.58. The SMILES string of the molecule is C=C(C)C(=O)OCCOC[S+](c1ccccc1)c1ccccc1. The number of carbonyl (C=O) groups excluding carboxylic acids is 1. The summed E-state index contributed by atoms with van der Waals surface area (Å²) >= 11 is 0. The van der Waals surface area contributed by atoms with Crippen LogP contribution in [0.15, 0.2) is 82.6 Å². The molecule has 0 heterocycles. The van der Waals surface area contributed by atoms with Gasteiger partial charge in [0.2, 0.25) is 5.94 Å². The molecule has 120 valence electrons. The molecule has 0 amide bonds. The molecule has 0 aliphatic rings. The maximum atomic E-state index is 11.3. The summed E-state index contributed by atoms with van der Waals surface area (Å²) in [5, 5.41) is 0. The van der Waals surface area contributed by atoms with Crippen molar-refractivity contribution in [1.29, 1.82) is 0 Å². The average molecular weight is 329 g/mol. The van der Waals surface area contributed by atoms with Crippen molar-refractivity contribution in [1.82, 2.24) is 0 Å². The molecule has 0 fully saturated rings. The second-order valence-electron chi connectivity index (χ2n) is 4.96. The zero-order chi connectivity index (χ0) is 16.5. The summed E-state index contributed by atoms with van der Waals surface area (Å²) in [4.78, 5) is 13.8. The van der Waals surface area contributed by atoms with E-state index in [1.54, 1.807) is 6.92 Å². The van der Waals surface area contributed by atoms with Gasteiger partial charge in [0.1, 0.15) is 6.61 Å². The predicted molar refractivity (Wildman–Crippen MR) is 93.4 cm³/mol. The van der Waals surface area contributed by atoms with Crippen LogP contribution in [0.25, 0.3) is 0 Å². The molecule has 0 bridgehead atoms. The van der Waals surface area contributed by atoms with Crippen LogP contribution in [0.3, 0.4) is 0 Å². The van der Waals surface area contributed by atoms with Crippen LogP contribution >= 0.6 is 0 Å². The van der Waals surface area contributed by atoms with E-state index >= 15 is 0 Å². The molecule has 0 aromatic heterocycles. The molecule has 0 aliphatic carbocycles. The number of ether oxygens (including phenoxy) is 2. The van der Waals surface area contributed by atoms with Crippen molar-refractivity contribution in [2.45, 2.75) is 16.7 Å². The second-order valence-corrected chi connectivity index (χ2v) is 6.92. The lowest BCUT2D eigenvalue weighted by molar-refractivity contribution is -0.140. The molecule has 0 saturated carbocycles. The van der Waals surface area contributed by atoms with Crippen molar-refractivity contribution >= 4 is 16.9 Å². The lowest BCUT2D eigenvalue weighted by atomic mass is 10.4. The largest absolute Gasteiger partial charge is 0.460 e. The quantitative estimate of drug-likeness (QED) is 0.320. The van der Waals surface area contributed by atoms with Gasteiger partial charge in [0, 0.05) is 5.57 Å². The van der Waals surface area contributed by atoms with Gasteiger partial charge in [0.05, 0.1) is 17.5 Å². The third-order valence-corrected chi connectivity index (χ3v) is 5.15. The number of benzene rings is 2. The Kier molecular flexibility index (Phi) is 6.91. The van der Waals surface area contributed by atoms with E-state index in [4.69, 9.17) is 9.47 Å². The van der Waals surface area contributed by atoms with Crippen molar-refractivity contribution in [2.75, 3.05) is 19.2 Å². The molecular weight excluding hydrogens is 308 g/mol. The molecule has 0 saturated heterocycles. The van der Waals surface area contributed by atoms with Gasteiger partial charge in [-0.15, -0.1) is 0 Å². The molecule has 4 heteroatoms. The van der Waals surface area contributed by atoms with Gasteiger partial charge in [-0.1, -0.05) is 43.0 Å². The van der Waals surface area contributed by atoms with E-state index in [-0.39, 0.29) is 23.5 Å². The highest BCUT2D eigenvalue weighted by Crippen LogP contribution is 2.23. The fourth-order valence-corrected chi connectivity index (χ4v) is 3.70. The smallest absolute Gasteiger partial charge is 0.333 e. The van der Waals surface area contributed by atoms with Gasteiger partial charge < -0.3 is 9.47 Å².